The number of hydrogen-bond donors (Lipinski definition) is 2. The van der Waals surface area contributed by atoms with Crippen LogP contribution in [0.4, 0.5) is 0 Å². The van der Waals surface area contributed by atoms with Crippen LogP contribution in [0.5, 0.6) is 5.75 Å². The first-order valence-corrected chi connectivity index (χ1v) is 6.73. The van der Waals surface area contributed by atoms with E-state index in [1.165, 1.54) is 6.07 Å². The number of nitrogens with zero attached hydrogens (tertiary/aromatic N) is 1. The summed E-state index contributed by atoms with van der Waals surface area (Å²) in [6.45, 7) is 0.886. The van der Waals surface area contributed by atoms with Gasteiger partial charge in [0.2, 0.25) is 0 Å². The van der Waals surface area contributed by atoms with Gasteiger partial charge in [-0.15, -0.1) is 12.4 Å². The first-order valence-electron chi connectivity index (χ1n) is 5.95. The van der Waals surface area contributed by atoms with Crippen molar-refractivity contribution in [3.8, 4) is 17.0 Å². The number of nitrogens with two attached hydrogens (primary N) is 1. The van der Waals surface area contributed by atoms with Crippen LogP contribution in [0.15, 0.2) is 29.1 Å². The largest absolute Gasteiger partial charge is 0.496 e. The zero-order chi connectivity index (χ0) is 14.7. The fourth-order valence-electron chi connectivity index (χ4n) is 1.98. The highest BCUT2D eigenvalue weighted by Gasteiger charge is 2.12. The van der Waals surface area contributed by atoms with Gasteiger partial charge in [0.15, 0.2) is 4.77 Å². The lowest BCUT2D eigenvalue weighted by Crippen LogP contribution is -2.19. The summed E-state index contributed by atoms with van der Waals surface area (Å²) >= 11 is 11.2. The molecule has 0 aliphatic carbocycles. The monoisotopic (exact) mass is 347 g/mol. The molecule has 0 fully saturated rings. The molecule has 114 valence electrons. The van der Waals surface area contributed by atoms with E-state index in [-0.39, 0.29) is 18.0 Å². The van der Waals surface area contributed by atoms with Gasteiger partial charge >= 0.3 is 0 Å². The SMILES string of the molecule is COc1ccc(Cl)cc1-c1cc(=O)[nH]c(=S)n1CCN.Cl. The summed E-state index contributed by atoms with van der Waals surface area (Å²) in [6, 6.07) is 6.66. The number of methoxy groups -OCH3 is 1. The second-order valence-corrected chi connectivity index (χ2v) is 4.93. The van der Waals surface area contributed by atoms with Crippen molar-refractivity contribution in [1.29, 1.82) is 0 Å². The second kappa shape index (κ2) is 7.61. The van der Waals surface area contributed by atoms with E-state index in [0.717, 1.165) is 0 Å². The van der Waals surface area contributed by atoms with Gasteiger partial charge in [-0.1, -0.05) is 11.6 Å². The third kappa shape index (κ3) is 3.85. The van der Waals surface area contributed by atoms with Crippen LogP contribution in [0.25, 0.3) is 11.3 Å². The van der Waals surface area contributed by atoms with Gasteiger partial charge in [0.25, 0.3) is 5.56 Å². The van der Waals surface area contributed by atoms with Crippen molar-refractivity contribution in [1.82, 2.24) is 9.55 Å². The van der Waals surface area contributed by atoms with Crippen molar-refractivity contribution >= 4 is 36.2 Å². The molecule has 21 heavy (non-hydrogen) atoms. The van der Waals surface area contributed by atoms with Crippen LogP contribution in [-0.2, 0) is 6.54 Å². The van der Waals surface area contributed by atoms with E-state index in [1.54, 1.807) is 29.9 Å². The maximum absolute atomic E-state index is 11.7. The molecular formula is C13H15Cl2N3O2S. The number of aromatic amines is 1. The molecule has 0 atom stereocenters. The van der Waals surface area contributed by atoms with Crippen molar-refractivity contribution in [3.63, 3.8) is 0 Å². The minimum Gasteiger partial charge on any atom is -0.496 e. The summed E-state index contributed by atoms with van der Waals surface area (Å²) in [4.78, 5) is 14.3. The van der Waals surface area contributed by atoms with Crippen LogP contribution in [0, 0.1) is 4.77 Å². The van der Waals surface area contributed by atoms with Crippen molar-refractivity contribution < 1.29 is 4.74 Å². The maximum atomic E-state index is 11.7. The summed E-state index contributed by atoms with van der Waals surface area (Å²) < 4.78 is 7.39. The first-order chi connectivity index (χ1) is 9.56. The maximum Gasteiger partial charge on any atom is 0.252 e. The third-order valence-corrected chi connectivity index (χ3v) is 3.38. The van der Waals surface area contributed by atoms with E-state index < -0.39 is 0 Å². The Morgan fingerprint density at radius 1 is 1.43 bits per heavy atom. The normalized spacial score (nSPS) is 10.0. The van der Waals surface area contributed by atoms with Gasteiger partial charge in [-0.3, -0.25) is 9.78 Å². The number of rotatable bonds is 4. The van der Waals surface area contributed by atoms with E-state index in [0.29, 0.717) is 39.9 Å². The van der Waals surface area contributed by atoms with E-state index in [4.69, 9.17) is 34.3 Å². The van der Waals surface area contributed by atoms with Gasteiger partial charge in [0, 0.05) is 29.7 Å². The number of nitrogens with one attached hydrogen (secondary N) is 1. The van der Waals surface area contributed by atoms with Crippen LogP contribution in [0.3, 0.4) is 0 Å². The Bertz CT molecular complexity index is 743. The van der Waals surface area contributed by atoms with Crippen LogP contribution in [0.2, 0.25) is 5.02 Å². The predicted molar refractivity (Wildman–Crippen MR) is 89.2 cm³/mol. The first kappa shape index (κ1) is 17.7. The summed E-state index contributed by atoms with van der Waals surface area (Å²) in [5.41, 5.74) is 6.65. The number of ether oxygens (including phenoxy) is 1. The molecule has 0 amide bonds. The molecule has 0 saturated carbocycles. The summed E-state index contributed by atoms with van der Waals surface area (Å²) in [6.07, 6.45) is 0. The lowest BCUT2D eigenvalue weighted by Gasteiger charge is -2.15. The molecule has 0 spiro atoms. The van der Waals surface area contributed by atoms with Crippen molar-refractivity contribution in [2.75, 3.05) is 13.7 Å². The van der Waals surface area contributed by atoms with Gasteiger partial charge in [0.1, 0.15) is 5.75 Å². The molecule has 0 radical (unpaired) electrons. The lowest BCUT2D eigenvalue weighted by atomic mass is 10.1. The van der Waals surface area contributed by atoms with Gasteiger partial charge in [-0.2, -0.15) is 0 Å². The standard InChI is InChI=1S/C13H14ClN3O2S.ClH/c1-19-11-3-2-8(14)6-9(11)10-7-12(18)16-13(20)17(10)5-4-15;/h2-3,6-7H,4-5,15H2,1H3,(H,16,18,20);1H. The number of aromatic nitrogens is 2. The van der Waals surface area contributed by atoms with Crippen LogP contribution in [0.1, 0.15) is 0 Å². The van der Waals surface area contributed by atoms with Crippen LogP contribution >= 0.6 is 36.2 Å². The smallest absolute Gasteiger partial charge is 0.252 e. The van der Waals surface area contributed by atoms with Crippen molar-refractivity contribution in [3.05, 3.63) is 44.4 Å². The Morgan fingerprint density at radius 2 is 2.14 bits per heavy atom. The minimum atomic E-state index is -0.277. The zero-order valence-corrected chi connectivity index (χ0v) is 13.6. The highest BCUT2D eigenvalue weighted by Crippen LogP contribution is 2.31. The molecule has 5 nitrogen and oxygen atoms in total. The average Bonchev–Trinajstić information content (AvgIpc) is 2.41. The van der Waals surface area contributed by atoms with E-state index in [2.05, 4.69) is 4.98 Å². The number of H-pyrrole nitrogens is 1. The second-order valence-electron chi connectivity index (χ2n) is 4.11. The highest BCUT2D eigenvalue weighted by atomic mass is 35.5. The van der Waals surface area contributed by atoms with E-state index in [1.807, 2.05) is 0 Å². The fraction of sp³-hybridized carbons (Fsp3) is 0.231. The number of halogens is 2. The van der Waals surface area contributed by atoms with Crippen LogP contribution in [-0.4, -0.2) is 23.2 Å². The molecule has 1 aromatic carbocycles. The molecule has 0 aliphatic rings. The Morgan fingerprint density at radius 3 is 2.76 bits per heavy atom. The lowest BCUT2D eigenvalue weighted by molar-refractivity contribution is 0.416. The van der Waals surface area contributed by atoms with Crippen LogP contribution < -0.4 is 16.0 Å². The molecule has 2 rings (SSSR count). The Balaban J connectivity index is 0.00000220. The molecule has 0 saturated heterocycles. The van der Waals surface area contributed by atoms with Crippen molar-refractivity contribution in [2.45, 2.75) is 6.54 Å². The minimum absolute atomic E-state index is 0. The van der Waals surface area contributed by atoms with Gasteiger partial charge < -0.3 is 15.0 Å². The van der Waals surface area contributed by atoms with Crippen molar-refractivity contribution in [2.24, 2.45) is 5.73 Å². The molecule has 1 heterocycles. The third-order valence-electron chi connectivity index (χ3n) is 2.82. The fourth-order valence-corrected chi connectivity index (χ4v) is 2.44. The summed E-state index contributed by atoms with van der Waals surface area (Å²) in [7, 11) is 1.56. The van der Waals surface area contributed by atoms with E-state index in [9.17, 15) is 4.79 Å². The number of benzene rings is 1. The zero-order valence-electron chi connectivity index (χ0n) is 11.3. The predicted octanol–water partition coefficient (Wildman–Crippen LogP) is 2.62. The highest BCUT2D eigenvalue weighted by molar-refractivity contribution is 7.71. The molecular weight excluding hydrogens is 333 g/mol. The Hall–Kier alpha value is -1.34. The quantitative estimate of drug-likeness (QED) is 0.833. The summed E-state index contributed by atoms with van der Waals surface area (Å²) in [5.74, 6) is 0.611. The van der Waals surface area contributed by atoms with E-state index >= 15 is 0 Å². The Kier molecular flexibility index (Phi) is 6.42. The molecule has 3 N–H and O–H groups in total. The molecule has 0 aliphatic heterocycles. The number of hydrogen-bond acceptors (Lipinski definition) is 4. The molecule has 0 bridgehead atoms. The average molecular weight is 348 g/mol. The summed E-state index contributed by atoms with van der Waals surface area (Å²) in [5, 5.41) is 0.547. The molecule has 1 aromatic heterocycles. The Labute approximate surface area is 138 Å². The van der Waals surface area contributed by atoms with Gasteiger partial charge in [-0.25, -0.2) is 0 Å². The molecule has 2 aromatic rings. The molecule has 8 heteroatoms. The van der Waals surface area contributed by atoms with Gasteiger partial charge in [0.05, 0.1) is 12.8 Å². The molecule has 0 unspecified atom stereocenters. The topological polar surface area (TPSA) is 73.0 Å². The van der Waals surface area contributed by atoms with Gasteiger partial charge in [-0.05, 0) is 30.4 Å².